The summed E-state index contributed by atoms with van der Waals surface area (Å²) in [5, 5.41) is 17.2. The van der Waals surface area contributed by atoms with Crippen molar-refractivity contribution in [2.45, 2.75) is 12.8 Å². The van der Waals surface area contributed by atoms with Crippen molar-refractivity contribution in [3.63, 3.8) is 0 Å². The molecule has 2 N–H and O–H groups in total. The summed E-state index contributed by atoms with van der Waals surface area (Å²) in [7, 11) is 0. The summed E-state index contributed by atoms with van der Waals surface area (Å²) >= 11 is 0. The minimum atomic E-state index is -0.0528. The maximum Gasteiger partial charge on any atom is 0.223 e. The quantitative estimate of drug-likeness (QED) is 0.541. The molecule has 0 bridgehead atoms. The molecule has 1 amide bonds. The highest BCUT2D eigenvalue weighted by Gasteiger charge is 2.09. The molecule has 0 fully saturated rings. The van der Waals surface area contributed by atoms with E-state index in [4.69, 9.17) is 10.2 Å². The molecule has 0 unspecified atom stereocenters. The van der Waals surface area contributed by atoms with Gasteiger partial charge in [-0.05, 0) is 6.42 Å². The lowest BCUT2D eigenvalue weighted by Gasteiger charge is -2.19. The van der Waals surface area contributed by atoms with Crippen molar-refractivity contribution in [3.8, 4) is 0 Å². The van der Waals surface area contributed by atoms with Crippen molar-refractivity contribution in [2.75, 3.05) is 26.3 Å². The Kier molecular flexibility index (Phi) is 7.24. The second kappa shape index (κ2) is 7.76. The SMILES string of the molecule is C=CCN(CCO)C(=O)CCCO. The summed E-state index contributed by atoms with van der Waals surface area (Å²) in [6.07, 6.45) is 2.41. The average Bonchev–Trinajstić information content (AvgIpc) is 2.14. The van der Waals surface area contributed by atoms with Crippen LogP contribution in [0.3, 0.4) is 0 Å². The second-order valence-electron chi connectivity index (χ2n) is 2.68. The van der Waals surface area contributed by atoms with Crippen molar-refractivity contribution in [1.29, 1.82) is 0 Å². The van der Waals surface area contributed by atoms with Crippen LogP contribution in [0.1, 0.15) is 12.8 Å². The fourth-order valence-corrected chi connectivity index (χ4v) is 0.983. The molecule has 0 aliphatic heterocycles. The highest BCUT2D eigenvalue weighted by molar-refractivity contribution is 5.76. The lowest BCUT2D eigenvalue weighted by Crippen LogP contribution is -2.33. The van der Waals surface area contributed by atoms with Crippen LogP contribution in [0.5, 0.6) is 0 Å². The Balaban J connectivity index is 3.87. The van der Waals surface area contributed by atoms with Gasteiger partial charge in [-0.15, -0.1) is 6.58 Å². The van der Waals surface area contributed by atoms with Gasteiger partial charge in [-0.1, -0.05) is 6.08 Å². The highest BCUT2D eigenvalue weighted by Crippen LogP contribution is 1.97. The summed E-state index contributed by atoms with van der Waals surface area (Å²) in [5.74, 6) is -0.0528. The number of rotatable bonds is 7. The van der Waals surface area contributed by atoms with Crippen LogP contribution in [-0.4, -0.2) is 47.3 Å². The van der Waals surface area contributed by atoms with E-state index in [1.54, 1.807) is 6.08 Å². The first kappa shape index (κ1) is 12.1. The van der Waals surface area contributed by atoms with Gasteiger partial charge in [-0.3, -0.25) is 4.79 Å². The molecule has 0 saturated heterocycles. The molecular formula is C9H17NO3. The van der Waals surface area contributed by atoms with E-state index in [0.29, 0.717) is 25.9 Å². The summed E-state index contributed by atoms with van der Waals surface area (Å²) in [5.41, 5.74) is 0. The summed E-state index contributed by atoms with van der Waals surface area (Å²) in [6.45, 7) is 4.28. The van der Waals surface area contributed by atoms with Crippen molar-refractivity contribution < 1.29 is 15.0 Å². The first-order chi connectivity index (χ1) is 6.26. The molecular weight excluding hydrogens is 170 g/mol. The largest absolute Gasteiger partial charge is 0.396 e. The highest BCUT2D eigenvalue weighted by atomic mass is 16.3. The molecule has 13 heavy (non-hydrogen) atoms. The zero-order valence-corrected chi connectivity index (χ0v) is 7.78. The van der Waals surface area contributed by atoms with E-state index in [-0.39, 0.29) is 19.1 Å². The predicted octanol–water partition coefficient (Wildman–Crippen LogP) is -0.234. The van der Waals surface area contributed by atoms with E-state index in [9.17, 15) is 4.79 Å². The van der Waals surface area contributed by atoms with Crippen LogP contribution in [0.25, 0.3) is 0 Å². The Morgan fingerprint density at radius 3 is 2.54 bits per heavy atom. The van der Waals surface area contributed by atoms with Crippen LogP contribution in [0.15, 0.2) is 12.7 Å². The Hall–Kier alpha value is -0.870. The number of carbonyl (C=O) groups excluding carboxylic acids is 1. The smallest absolute Gasteiger partial charge is 0.223 e. The summed E-state index contributed by atoms with van der Waals surface area (Å²) in [6, 6.07) is 0. The fraction of sp³-hybridized carbons (Fsp3) is 0.667. The molecule has 0 spiro atoms. The van der Waals surface area contributed by atoms with E-state index >= 15 is 0 Å². The van der Waals surface area contributed by atoms with Gasteiger partial charge in [-0.2, -0.15) is 0 Å². The molecule has 0 rings (SSSR count). The monoisotopic (exact) mass is 187 g/mol. The minimum absolute atomic E-state index is 0.0206. The van der Waals surface area contributed by atoms with Crippen molar-refractivity contribution >= 4 is 5.91 Å². The lowest BCUT2D eigenvalue weighted by atomic mass is 10.3. The van der Waals surface area contributed by atoms with Gasteiger partial charge in [0.1, 0.15) is 0 Å². The van der Waals surface area contributed by atoms with Gasteiger partial charge in [0, 0.05) is 26.1 Å². The number of aliphatic hydroxyl groups excluding tert-OH is 2. The molecule has 0 heterocycles. The summed E-state index contributed by atoms with van der Waals surface area (Å²) in [4.78, 5) is 12.9. The van der Waals surface area contributed by atoms with E-state index in [1.165, 1.54) is 4.90 Å². The number of carbonyl (C=O) groups is 1. The van der Waals surface area contributed by atoms with Gasteiger partial charge in [0.05, 0.1) is 6.61 Å². The second-order valence-corrected chi connectivity index (χ2v) is 2.68. The first-order valence-electron chi connectivity index (χ1n) is 4.36. The molecule has 0 radical (unpaired) electrons. The zero-order valence-electron chi connectivity index (χ0n) is 7.78. The molecule has 0 aliphatic rings. The molecule has 4 nitrogen and oxygen atoms in total. The zero-order chi connectivity index (χ0) is 10.1. The third-order valence-electron chi connectivity index (χ3n) is 1.62. The predicted molar refractivity (Wildman–Crippen MR) is 50.2 cm³/mol. The Labute approximate surface area is 78.5 Å². The van der Waals surface area contributed by atoms with Gasteiger partial charge >= 0.3 is 0 Å². The number of amides is 1. The molecule has 0 atom stereocenters. The average molecular weight is 187 g/mol. The normalized spacial score (nSPS) is 9.69. The summed E-state index contributed by atoms with van der Waals surface area (Å²) < 4.78 is 0. The van der Waals surface area contributed by atoms with E-state index in [2.05, 4.69) is 6.58 Å². The molecule has 0 aliphatic carbocycles. The van der Waals surface area contributed by atoms with Crippen LogP contribution >= 0.6 is 0 Å². The van der Waals surface area contributed by atoms with Crippen LogP contribution in [0.2, 0.25) is 0 Å². The molecule has 76 valence electrons. The fourth-order valence-electron chi connectivity index (χ4n) is 0.983. The van der Waals surface area contributed by atoms with Crippen molar-refractivity contribution in [1.82, 2.24) is 4.90 Å². The Morgan fingerprint density at radius 2 is 2.08 bits per heavy atom. The maximum absolute atomic E-state index is 11.3. The van der Waals surface area contributed by atoms with E-state index in [0.717, 1.165) is 0 Å². The van der Waals surface area contributed by atoms with Crippen LogP contribution in [-0.2, 0) is 4.79 Å². The third-order valence-corrected chi connectivity index (χ3v) is 1.62. The topological polar surface area (TPSA) is 60.8 Å². The van der Waals surface area contributed by atoms with Crippen molar-refractivity contribution in [3.05, 3.63) is 12.7 Å². The van der Waals surface area contributed by atoms with Gasteiger partial charge in [0.15, 0.2) is 0 Å². The lowest BCUT2D eigenvalue weighted by molar-refractivity contribution is -0.131. The van der Waals surface area contributed by atoms with Gasteiger partial charge in [0.2, 0.25) is 5.91 Å². The van der Waals surface area contributed by atoms with Crippen LogP contribution in [0.4, 0.5) is 0 Å². The number of aliphatic hydroxyl groups is 2. The van der Waals surface area contributed by atoms with Crippen molar-refractivity contribution in [2.24, 2.45) is 0 Å². The Bertz CT molecular complexity index is 159. The molecule has 0 aromatic heterocycles. The molecule has 0 aromatic rings. The molecule has 0 saturated carbocycles. The van der Waals surface area contributed by atoms with Gasteiger partial charge < -0.3 is 15.1 Å². The maximum atomic E-state index is 11.3. The minimum Gasteiger partial charge on any atom is -0.396 e. The van der Waals surface area contributed by atoms with Crippen LogP contribution < -0.4 is 0 Å². The van der Waals surface area contributed by atoms with Gasteiger partial charge in [-0.25, -0.2) is 0 Å². The first-order valence-corrected chi connectivity index (χ1v) is 4.36. The molecule has 0 aromatic carbocycles. The standard InChI is InChI=1S/C9H17NO3/c1-2-5-10(6-8-12)9(13)4-3-7-11/h2,11-12H,1,3-8H2. The Morgan fingerprint density at radius 1 is 1.38 bits per heavy atom. The number of hydrogen-bond acceptors (Lipinski definition) is 3. The van der Waals surface area contributed by atoms with E-state index < -0.39 is 0 Å². The number of hydrogen-bond donors (Lipinski definition) is 2. The third kappa shape index (κ3) is 5.38. The van der Waals surface area contributed by atoms with Crippen LogP contribution in [0, 0.1) is 0 Å². The molecule has 4 heteroatoms. The number of nitrogens with zero attached hydrogens (tertiary/aromatic N) is 1. The van der Waals surface area contributed by atoms with E-state index in [1.807, 2.05) is 0 Å². The van der Waals surface area contributed by atoms with Gasteiger partial charge in [0.25, 0.3) is 0 Å².